The maximum atomic E-state index is 12.3. The van der Waals surface area contributed by atoms with Crippen LogP contribution in [0.5, 0.6) is 0 Å². The lowest BCUT2D eigenvalue weighted by molar-refractivity contribution is -0.114. The molecule has 2 fully saturated rings. The number of rotatable bonds is 4. The van der Waals surface area contributed by atoms with Crippen LogP contribution >= 0.6 is 31.1 Å². The van der Waals surface area contributed by atoms with E-state index in [9.17, 15) is 14.2 Å². The molecule has 0 aliphatic carbocycles. The van der Waals surface area contributed by atoms with Crippen LogP contribution in [0.1, 0.15) is 26.7 Å². The van der Waals surface area contributed by atoms with Crippen LogP contribution in [0.2, 0.25) is 0 Å². The van der Waals surface area contributed by atoms with Gasteiger partial charge in [0.05, 0.1) is 0 Å². The molecule has 2 rings (SSSR count). The van der Waals surface area contributed by atoms with Crippen LogP contribution in [0.3, 0.4) is 0 Å². The van der Waals surface area contributed by atoms with Gasteiger partial charge in [-0.2, -0.15) is 0 Å². The van der Waals surface area contributed by atoms with E-state index in [0.717, 1.165) is 23.5 Å². The summed E-state index contributed by atoms with van der Waals surface area (Å²) in [4.78, 5) is 22.8. The lowest BCUT2D eigenvalue weighted by Crippen LogP contribution is -2.09. The second kappa shape index (κ2) is 5.90. The van der Waals surface area contributed by atoms with Gasteiger partial charge in [0.15, 0.2) is 10.2 Å². The predicted molar refractivity (Wildman–Crippen MR) is 76.0 cm³/mol. The Hall–Kier alpha value is 0.190. The van der Waals surface area contributed by atoms with Crippen molar-refractivity contribution in [2.24, 2.45) is 11.8 Å². The SMILES string of the molecule is CC1CC(OP(C)(=O)OC2CC(C)C(=O)S2)SC1=O. The van der Waals surface area contributed by atoms with Gasteiger partial charge in [0.1, 0.15) is 10.9 Å². The molecular formula is C11H17O5PS2. The molecule has 0 radical (unpaired) electrons. The van der Waals surface area contributed by atoms with Crippen LogP contribution in [0.15, 0.2) is 0 Å². The average Bonchev–Trinajstić information content (AvgIpc) is 2.70. The fourth-order valence-electron chi connectivity index (χ4n) is 1.94. The van der Waals surface area contributed by atoms with Crippen molar-refractivity contribution in [1.82, 2.24) is 0 Å². The van der Waals surface area contributed by atoms with Crippen LogP contribution in [0.4, 0.5) is 0 Å². The number of carbonyl (C=O) groups excluding carboxylic acids is 2. The zero-order valence-electron chi connectivity index (χ0n) is 11.0. The normalized spacial score (nSPS) is 38.7. The number of thioether (sulfide) groups is 2. The number of carbonyl (C=O) groups is 2. The van der Waals surface area contributed by atoms with E-state index in [4.69, 9.17) is 9.05 Å². The highest BCUT2D eigenvalue weighted by Crippen LogP contribution is 2.54. The summed E-state index contributed by atoms with van der Waals surface area (Å²) in [5.74, 6) is -0.144. The maximum absolute atomic E-state index is 12.3. The van der Waals surface area contributed by atoms with E-state index in [2.05, 4.69) is 0 Å². The molecule has 0 aromatic rings. The predicted octanol–water partition coefficient (Wildman–Crippen LogP) is 3.09. The zero-order valence-corrected chi connectivity index (χ0v) is 13.6. The van der Waals surface area contributed by atoms with Crippen LogP contribution < -0.4 is 0 Å². The van der Waals surface area contributed by atoms with Gasteiger partial charge >= 0.3 is 7.60 Å². The largest absolute Gasteiger partial charge is 0.329 e. The molecule has 2 saturated heterocycles. The van der Waals surface area contributed by atoms with E-state index < -0.39 is 18.5 Å². The molecule has 0 spiro atoms. The summed E-state index contributed by atoms with van der Waals surface area (Å²) in [6, 6.07) is 0. The van der Waals surface area contributed by atoms with Gasteiger partial charge in [0.25, 0.3) is 0 Å². The standard InChI is InChI=1S/C11H17O5PS2/c1-6-4-8(18-10(6)12)15-17(3,14)16-9-5-7(2)11(13)19-9/h6-9H,4-5H2,1-3H3. The second-order valence-corrected chi connectivity index (χ2v) is 9.28. The first-order valence-corrected chi connectivity index (χ1v) is 9.87. The lowest BCUT2D eigenvalue weighted by Gasteiger charge is -2.20. The smallest absolute Gasteiger partial charge is 0.294 e. The summed E-state index contributed by atoms with van der Waals surface area (Å²) in [5, 5.41) is 0.119. The summed E-state index contributed by atoms with van der Waals surface area (Å²) in [6.07, 6.45) is 1.11. The fraction of sp³-hybridized carbons (Fsp3) is 0.818. The van der Waals surface area contributed by atoms with E-state index in [-0.39, 0.29) is 22.1 Å². The third-order valence-corrected chi connectivity index (χ3v) is 6.94. The van der Waals surface area contributed by atoms with Crippen LogP contribution in [-0.4, -0.2) is 27.8 Å². The minimum atomic E-state index is -3.24. The minimum absolute atomic E-state index is 0.0593. The molecule has 0 aromatic heterocycles. The molecule has 2 aliphatic rings. The first kappa shape index (κ1) is 15.6. The fourth-order valence-corrected chi connectivity index (χ4v) is 6.24. The first-order valence-electron chi connectivity index (χ1n) is 6.12. The number of hydrogen-bond acceptors (Lipinski definition) is 7. The Balaban J connectivity index is 1.87. The lowest BCUT2D eigenvalue weighted by atomic mass is 10.1. The van der Waals surface area contributed by atoms with Gasteiger partial charge in [-0.15, -0.1) is 0 Å². The van der Waals surface area contributed by atoms with Gasteiger partial charge in [-0.1, -0.05) is 37.4 Å². The maximum Gasteiger partial charge on any atom is 0.329 e. The molecule has 4 unspecified atom stereocenters. The van der Waals surface area contributed by atoms with E-state index >= 15 is 0 Å². The highest BCUT2D eigenvalue weighted by Gasteiger charge is 2.39. The Kier molecular flexibility index (Phi) is 4.83. The van der Waals surface area contributed by atoms with Gasteiger partial charge in [0.2, 0.25) is 0 Å². The monoisotopic (exact) mass is 324 g/mol. The van der Waals surface area contributed by atoms with Crippen LogP contribution in [0, 0.1) is 11.8 Å². The van der Waals surface area contributed by atoms with Crippen molar-refractivity contribution in [3.63, 3.8) is 0 Å². The van der Waals surface area contributed by atoms with Crippen molar-refractivity contribution >= 4 is 41.4 Å². The molecule has 5 nitrogen and oxygen atoms in total. The van der Waals surface area contributed by atoms with Crippen molar-refractivity contribution in [2.75, 3.05) is 6.66 Å². The van der Waals surface area contributed by atoms with Crippen molar-refractivity contribution < 1.29 is 23.2 Å². The van der Waals surface area contributed by atoms with Crippen molar-refractivity contribution in [2.45, 2.75) is 37.6 Å². The molecule has 108 valence electrons. The molecule has 0 aromatic carbocycles. The van der Waals surface area contributed by atoms with Gasteiger partial charge < -0.3 is 0 Å². The van der Waals surface area contributed by atoms with Gasteiger partial charge in [-0.25, -0.2) is 0 Å². The van der Waals surface area contributed by atoms with Gasteiger partial charge in [-0.05, 0) is 12.8 Å². The Morgan fingerprint density at radius 2 is 1.37 bits per heavy atom. The highest BCUT2D eigenvalue weighted by atomic mass is 32.2. The third-order valence-electron chi connectivity index (χ3n) is 3.01. The van der Waals surface area contributed by atoms with Gasteiger partial charge in [0, 0.05) is 18.5 Å². The summed E-state index contributed by atoms with van der Waals surface area (Å²) >= 11 is 2.14. The Morgan fingerprint density at radius 3 is 1.63 bits per heavy atom. The summed E-state index contributed by atoms with van der Waals surface area (Å²) in [5.41, 5.74) is -0.810. The molecule has 0 amide bonds. The molecule has 0 bridgehead atoms. The highest BCUT2D eigenvalue weighted by molar-refractivity contribution is 8.14. The average molecular weight is 324 g/mol. The quantitative estimate of drug-likeness (QED) is 0.736. The van der Waals surface area contributed by atoms with E-state index in [1.807, 2.05) is 13.8 Å². The van der Waals surface area contributed by atoms with Crippen LogP contribution in [-0.2, 0) is 23.2 Å². The molecular weight excluding hydrogens is 307 g/mol. The Morgan fingerprint density at radius 1 is 1.00 bits per heavy atom. The first-order chi connectivity index (χ1) is 8.77. The summed E-state index contributed by atoms with van der Waals surface area (Å²) in [7, 11) is -3.24. The minimum Gasteiger partial charge on any atom is -0.294 e. The van der Waals surface area contributed by atoms with Crippen molar-refractivity contribution in [3.8, 4) is 0 Å². The van der Waals surface area contributed by atoms with Crippen molar-refractivity contribution in [1.29, 1.82) is 0 Å². The van der Waals surface area contributed by atoms with Crippen LogP contribution in [0.25, 0.3) is 0 Å². The summed E-state index contributed by atoms with van der Waals surface area (Å²) in [6.45, 7) is 5.05. The molecule has 19 heavy (non-hydrogen) atoms. The molecule has 8 heteroatoms. The summed E-state index contributed by atoms with van der Waals surface area (Å²) < 4.78 is 23.1. The molecule has 0 saturated carbocycles. The third kappa shape index (κ3) is 4.08. The van der Waals surface area contributed by atoms with Gasteiger partial charge in [-0.3, -0.25) is 23.2 Å². The molecule has 2 heterocycles. The second-order valence-electron chi connectivity index (χ2n) is 4.99. The topological polar surface area (TPSA) is 69.7 Å². The Labute approximate surface area is 121 Å². The molecule has 0 N–H and O–H groups in total. The molecule has 4 atom stereocenters. The van der Waals surface area contributed by atoms with E-state index in [1.165, 1.54) is 6.66 Å². The van der Waals surface area contributed by atoms with E-state index in [0.29, 0.717) is 12.8 Å². The zero-order chi connectivity index (χ0) is 14.2. The Bertz CT molecular complexity index is 405. The molecule has 2 aliphatic heterocycles. The van der Waals surface area contributed by atoms with Crippen molar-refractivity contribution in [3.05, 3.63) is 0 Å². The van der Waals surface area contributed by atoms with E-state index in [1.54, 1.807) is 0 Å². The number of hydrogen-bond donors (Lipinski definition) is 0.